The third-order valence-corrected chi connectivity index (χ3v) is 3.82. The van der Waals surface area contributed by atoms with Gasteiger partial charge >= 0.3 is 0 Å². The molecule has 21 heavy (non-hydrogen) atoms. The van der Waals surface area contributed by atoms with E-state index in [1.54, 1.807) is 18.2 Å². The molecule has 2 aromatic rings. The van der Waals surface area contributed by atoms with Crippen LogP contribution in [0.1, 0.15) is 18.1 Å². The SMILES string of the molecule is CC(Cc1c(F)cccc1F)NCc1cc(Cl)ccc1Cl. The minimum absolute atomic E-state index is 0.0923. The topological polar surface area (TPSA) is 12.0 Å². The maximum atomic E-state index is 13.6. The van der Waals surface area contributed by atoms with Gasteiger partial charge in [0.05, 0.1) is 0 Å². The van der Waals surface area contributed by atoms with Gasteiger partial charge in [-0.3, -0.25) is 0 Å². The molecule has 0 aliphatic carbocycles. The highest BCUT2D eigenvalue weighted by Gasteiger charge is 2.12. The molecular weight excluding hydrogens is 315 g/mol. The molecule has 0 aliphatic heterocycles. The Balaban J connectivity index is 1.99. The Morgan fingerprint density at radius 2 is 1.76 bits per heavy atom. The lowest BCUT2D eigenvalue weighted by Gasteiger charge is -2.15. The first-order valence-corrected chi connectivity index (χ1v) is 7.33. The fourth-order valence-corrected chi connectivity index (χ4v) is 2.45. The Hall–Kier alpha value is -1.16. The van der Waals surface area contributed by atoms with Gasteiger partial charge in [0.1, 0.15) is 11.6 Å². The second-order valence-corrected chi connectivity index (χ2v) is 5.77. The molecule has 2 rings (SSSR count). The molecule has 0 amide bonds. The molecule has 112 valence electrons. The smallest absolute Gasteiger partial charge is 0.129 e. The predicted molar refractivity (Wildman–Crippen MR) is 82.8 cm³/mol. The van der Waals surface area contributed by atoms with Crippen molar-refractivity contribution < 1.29 is 8.78 Å². The Morgan fingerprint density at radius 3 is 2.43 bits per heavy atom. The van der Waals surface area contributed by atoms with E-state index in [0.29, 0.717) is 16.6 Å². The van der Waals surface area contributed by atoms with Crippen LogP contribution in [0.4, 0.5) is 8.78 Å². The van der Waals surface area contributed by atoms with E-state index in [-0.39, 0.29) is 18.0 Å². The summed E-state index contributed by atoms with van der Waals surface area (Å²) in [6, 6.07) is 8.99. The Labute approximate surface area is 132 Å². The summed E-state index contributed by atoms with van der Waals surface area (Å²) >= 11 is 12.0. The molecule has 0 saturated heterocycles. The lowest BCUT2D eigenvalue weighted by atomic mass is 10.1. The van der Waals surface area contributed by atoms with E-state index in [2.05, 4.69) is 5.32 Å². The predicted octanol–water partition coefficient (Wildman–Crippen LogP) is 4.99. The van der Waals surface area contributed by atoms with E-state index in [4.69, 9.17) is 23.2 Å². The van der Waals surface area contributed by atoms with E-state index in [1.807, 2.05) is 6.92 Å². The van der Waals surface area contributed by atoms with Gasteiger partial charge in [0.15, 0.2) is 0 Å². The minimum atomic E-state index is -0.524. The maximum Gasteiger partial charge on any atom is 0.129 e. The Bertz CT molecular complexity index is 611. The van der Waals surface area contributed by atoms with Gasteiger partial charge in [-0.15, -0.1) is 0 Å². The highest BCUT2D eigenvalue weighted by molar-refractivity contribution is 6.33. The summed E-state index contributed by atoms with van der Waals surface area (Å²) < 4.78 is 27.2. The van der Waals surface area contributed by atoms with Crippen LogP contribution in [0.2, 0.25) is 10.0 Å². The minimum Gasteiger partial charge on any atom is -0.310 e. The van der Waals surface area contributed by atoms with Crippen molar-refractivity contribution >= 4 is 23.2 Å². The van der Waals surface area contributed by atoms with E-state index >= 15 is 0 Å². The fraction of sp³-hybridized carbons (Fsp3) is 0.250. The molecule has 1 nitrogen and oxygen atoms in total. The molecule has 2 aromatic carbocycles. The third-order valence-electron chi connectivity index (χ3n) is 3.22. The van der Waals surface area contributed by atoms with Crippen LogP contribution in [0.15, 0.2) is 36.4 Å². The normalized spacial score (nSPS) is 12.4. The zero-order valence-corrected chi connectivity index (χ0v) is 13.0. The van der Waals surface area contributed by atoms with Gasteiger partial charge in [0.2, 0.25) is 0 Å². The molecule has 0 aliphatic rings. The molecule has 0 radical (unpaired) electrons. The highest BCUT2D eigenvalue weighted by atomic mass is 35.5. The summed E-state index contributed by atoms with van der Waals surface area (Å²) in [4.78, 5) is 0. The summed E-state index contributed by atoms with van der Waals surface area (Å²) in [5, 5.41) is 4.40. The fourth-order valence-electron chi connectivity index (χ4n) is 2.07. The molecular formula is C16H15Cl2F2N. The summed E-state index contributed by atoms with van der Waals surface area (Å²) in [5.74, 6) is -1.05. The Morgan fingerprint density at radius 1 is 1.10 bits per heavy atom. The molecule has 1 atom stereocenters. The van der Waals surface area contributed by atoms with Gasteiger partial charge in [-0.25, -0.2) is 8.78 Å². The average molecular weight is 330 g/mol. The monoisotopic (exact) mass is 329 g/mol. The molecule has 0 heterocycles. The Kier molecular flexibility index (Phi) is 5.57. The summed E-state index contributed by atoms with van der Waals surface area (Å²) in [5.41, 5.74) is 0.944. The molecule has 1 N–H and O–H groups in total. The van der Waals surface area contributed by atoms with Crippen LogP contribution >= 0.6 is 23.2 Å². The summed E-state index contributed by atoms with van der Waals surface area (Å²) in [6.07, 6.45) is 0.261. The average Bonchev–Trinajstić information content (AvgIpc) is 2.44. The van der Waals surface area contributed by atoms with E-state index in [0.717, 1.165) is 5.56 Å². The number of halogens is 4. The number of rotatable bonds is 5. The van der Waals surface area contributed by atoms with Crippen LogP contribution < -0.4 is 5.32 Å². The van der Waals surface area contributed by atoms with Gasteiger partial charge in [0, 0.05) is 28.2 Å². The van der Waals surface area contributed by atoms with Crippen LogP contribution in [0.25, 0.3) is 0 Å². The lowest BCUT2D eigenvalue weighted by molar-refractivity contribution is 0.499. The van der Waals surface area contributed by atoms with Crippen molar-refractivity contribution in [3.8, 4) is 0 Å². The second kappa shape index (κ2) is 7.21. The van der Waals surface area contributed by atoms with Crippen LogP contribution in [-0.4, -0.2) is 6.04 Å². The molecule has 0 aromatic heterocycles. The summed E-state index contributed by atoms with van der Waals surface area (Å²) in [7, 11) is 0. The first kappa shape index (κ1) is 16.2. The van der Waals surface area contributed by atoms with Crippen molar-refractivity contribution in [3.05, 3.63) is 69.2 Å². The van der Waals surface area contributed by atoms with Crippen molar-refractivity contribution in [2.24, 2.45) is 0 Å². The van der Waals surface area contributed by atoms with Gasteiger partial charge in [-0.1, -0.05) is 29.3 Å². The van der Waals surface area contributed by atoms with Crippen LogP contribution in [0.3, 0.4) is 0 Å². The van der Waals surface area contributed by atoms with Gasteiger partial charge in [0.25, 0.3) is 0 Å². The van der Waals surface area contributed by atoms with E-state index in [9.17, 15) is 8.78 Å². The van der Waals surface area contributed by atoms with E-state index < -0.39 is 11.6 Å². The van der Waals surface area contributed by atoms with Crippen molar-refractivity contribution in [1.82, 2.24) is 5.32 Å². The molecule has 5 heteroatoms. The first-order valence-electron chi connectivity index (χ1n) is 6.57. The second-order valence-electron chi connectivity index (χ2n) is 4.92. The number of benzene rings is 2. The highest BCUT2D eigenvalue weighted by Crippen LogP contribution is 2.21. The third kappa shape index (κ3) is 4.40. The van der Waals surface area contributed by atoms with Gasteiger partial charge in [-0.05, 0) is 49.2 Å². The van der Waals surface area contributed by atoms with Crippen LogP contribution in [0, 0.1) is 11.6 Å². The molecule has 0 spiro atoms. The lowest BCUT2D eigenvalue weighted by Crippen LogP contribution is -2.28. The number of hydrogen-bond donors (Lipinski definition) is 1. The zero-order chi connectivity index (χ0) is 15.4. The van der Waals surface area contributed by atoms with Crippen molar-refractivity contribution in [1.29, 1.82) is 0 Å². The first-order chi connectivity index (χ1) is 9.97. The van der Waals surface area contributed by atoms with Crippen molar-refractivity contribution in [2.45, 2.75) is 25.9 Å². The molecule has 1 unspecified atom stereocenters. The standard InChI is InChI=1S/C16H15Cl2F2N/c1-10(7-13-15(19)3-2-4-16(13)20)21-9-11-8-12(17)5-6-14(11)18/h2-6,8,10,21H,7,9H2,1H3. The quantitative estimate of drug-likeness (QED) is 0.814. The zero-order valence-electron chi connectivity index (χ0n) is 11.5. The van der Waals surface area contributed by atoms with Gasteiger partial charge in [-0.2, -0.15) is 0 Å². The maximum absolute atomic E-state index is 13.6. The van der Waals surface area contributed by atoms with Gasteiger partial charge < -0.3 is 5.32 Å². The largest absolute Gasteiger partial charge is 0.310 e. The summed E-state index contributed by atoms with van der Waals surface area (Å²) in [6.45, 7) is 2.35. The van der Waals surface area contributed by atoms with Crippen LogP contribution in [-0.2, 0) is 13.0 Å². The van der Waals surface area contributed by atoms with E-state index in [1.165, 1.54) is 18.2 Å². The van der Waals surface area contributed by atoms with Crippen molar-refractivity contribution in [2.75, 3.05) is 0 Å². The number of hydrogen-bond acceptors (Lipinski definition) is 1. The molecule has 0 fully saturated rings. The van der Waals surface area contributed by atoms with Crippen molar-refractivity contribution in [3.63, 3.8) is 0 Å². The molecule has 0 bridgehead atoms. The molecule has 0 saturated carbocycles. The van der Waals surface area contributed by atoms with Crippen LogP contribution in [0.5, 0.6) is 0 Å². The number of nitrogens with one attached hydrogen (secondary N) is 1.